The Morgan fingerprint density at radius 3 is 0.836 bits per heavy atom. The van der Waals surface area contributed by atoms with Crippen molar-refractivity contribution >= 4 is 66.6 Å². The molecule has 0 aromatic rings. The highest BCUT2D eigenvalue weighted by Crippen LogP contribution is 2.09. The molecule has 14 N–H and O–H groups in total. The lowest BCUT2D eigenvalue weighted by Gasteiger charge is -2.21. The second kappa shape index (κ2) is 30.6. The monoisotopic (exact) mass is 908 g/mol. The number of hydrogen-bond acceptors (Lipinski definition) is 18. The Hall–Kier alpha value is -5.40. The van der Waals surface area contributed by atoms with Gasteiger partial charge in [0.25, 0.3) is 0 Å². The fourth-order valence-electron chi connectivity index (χ4n) is 3.13. The van der Waals surface area contributed by atoms with Crippen LogP contribution in [-0.4, -0.2) is 145 Å². The molecule has 0 aliphatic rings. The number of amides is 5. The van der Waals surface area contributed by atoms with Gasteiger partial charge in [-0.05, 0) is 83.1 Å². The summed E-state index contributed by atoms with van der Waals surface area (Å²) in [5.41, 5.74) is 17.9. The van der Waals surface area contributed by atoms with E-state index >= 15 is 0 Å². The number of halogens is 1. The normalized spacial score (nSPS) is 12.7. The molecule has 25 nitrogen and oxygen atoms in total. The van der Waals surface area contributed by atoms with Gasteiger partial charge in [0.1, 0.15) is 46.6 Å². The molecule has 0 aliphatic heterocycles. The van der Waals surface area contributed by atoms with Gasteiger partial charge in [0.05, 0.1) is 20.6 Å². The summed E-state index contributed by atoms with van der Waals surface area (Å²) in [5.74, 6) is -4.53. The van der Waals surface area contributed by atoms with Crippen LogP contribution in [0.15, 0.2) is 0 Å². The zero-order valence-electron chi connectivity index (χ0n) is 37.4. The SMILES string of the molecule is CC(C)(C)OC(=O)N[C@@H](CC(N)=O)C(=O)O.CC(C)(C)OC(=O)N[C@@H](CN)C(=O)O.COC(=O)[C@H](CN)NC(=O)OC(C)(C)C.COC(=O)[C@H](CN)NC(=O)OC(C)(C)C.Cl. The van der Waals surface area contributed by atoms with E-state index in [1.807, 2.05) is 5.32 Å². The van der Waals surface area contributed by atoms with Gasteiger partial charge >= 0.3 is 48.3 Å². The van der Waals surface area contributed by atoms with Crippen molar-refractivity contribution in [3.8, 4) is 0 Å². The number of nitrogens with one attached hydrogen (secondary N) is 4. The van der Waals surface area contributed by atoms with Crippen molar-refractivity contribution in [1.82, 2.24) is 21.3 Å². The fraction of sp³-hybridized carbons (Fsp3) is 0.743. The quantitative estimate of drug-likeness (QED) is 0.0872. The number of primary amides is 1. The molecule has 0 rings (SSSR count). The maximum absolute atomic E-state index is 11.3. The molecule has 0 saturated carbocycles. The van der Waals surface area contributed by atoms with Crippen molar-refractivity contribution in [2.75, 3.05) is 33.9 Å². The van der Waals surface area contributed by atoms with Gasteiger partial charge in [0.2, 0.25) is 5.91 Å². The van der Waals surface area contributed by atoms with Crippen molar-refractivity contribution < 1.29 is 81.8 Å². The number of carboxylic acids is 2. The van der Waals surface area contributed by atoms with Crippen molar-refractivity contribution in [1.29, 1.82) is 0 Å². The zero-order valence-corrected chi connectivity index (χ0v) is 38.2. The summed E-state index contributed by atoms with van der Waals surface area (Å²) < 4.78 is 28.5. The molecule has 0 saturated heterocycles. The standard InChI is InChI=1S/C9H16N2O5.2C9H18N2O4.C8H16N2O4.ClH/c1-9(2,3)16-8(15)11-5(7(13)14)4-6(10)12;2*1-9(2,3)15-8(13)11-6(5-10)7(12)14-4;1-8(2,3)14-7(13)10-5(4-9)6(11)12;/h5H,4H2,1-3H3,(H2,10,12)(H,11,15)(H,13,14);2*6H,5,10H2,1-4H3,(H,11,13);5H,4,9H2,1-3H3,(H,10,13)(H,11,12);1H/t5-;2*6-;5-;/m0000./s1. The van der Waals surface area contributed by atoms with Crippen LogP contribution in [0.1, 0.15) is 89.5 Å². The minimum Gasteiger partial charge on any atom is -0.480 e. The average Bonchev–Trinajstić information content (AvgIpc) is 3.04. The van der Waals surface area contributed by atoms with Gasteiger partial charge in [0.15, 0.2) is 0 Å². The molecule has 5 amide bonds. The molecule has 0 fully saturated rings. The molecule has 61 heavy (non-hydrogen) atoms. The first kappa shape index (κ1) is 64.7. The molecule has 0 aromatic carbocycles. The molecule has 358 valence electrons. The largest absolute Gasteiger partial charge is 0.480 e. The Bertz CT molecular complexity index is 1360. The van der Waals surface area contributed by atoms with Crippen LogP contribution in [0.4, 0.5) is 19.2 Å². The van der Waals surface area contributed by atoms with Gasteiger partial charge < -0.3 is 82.8 Å². The second-order valence-corrected chi connectivity index (χ2v) is 15.9. The topological polar surface area (TPSA) is 402 Å². The third kappa shape index (κ3) is 41.1. The summed E-state index contributed by atoms with van der Waals surface area (Å²) in [7, 11) is 2.45. The summed E-state index contributed by atoms with van der Waals surface area (Å²) in [6.45, 7) is 20.1. The van der Waals surface area contributed by atoms with Gasteiger partial charge in [-0.3, -0.25) is 4.79 Å². The number of rotatable bonds is 13. The molecular formula is C35H69ClN8O17. The number of esters is 2. The molecule has 0 aromatic heterocycles. The number of carboxylic acid groups (broad SMARTS) is 2. The van der Waals surface area contributed by atoms with Crippen molar-refractivity contribution in [3.05, 3.63) is 0 Å². The number of hydrogen-bond donors (Lipinski definition) is 10. The van der Waals surface area contributed by atoms with Crippen molar-refractivity contribution in [2.45, 2.75) is 136 Å². The molecule has 4 atom stereocenters. The second-order valence-electron chi connectivity index (χ2n) is 15.9. The van der Waals surface area contributed by atoms with Gasteiger partial charge in [-0.1, -0.05) is 0 Å². The minimum atomic E-state index is -1.37. The summed E-state index contributed by atoms with van der Waals surface area (Å²) in [5, 5.41) is 26.1. The summed E-state index contributed by atoms with van der Waals surface area (Å²) >= 11 is 0. The summed E-state index contributed by atoms with van der Waals surface area (Å²) in [4.78, 5) is 98.6. The lowest BCUT2D eigenvalue weighted by Crippen LogP contribution is -2.48. The smallest absolute Gasteiger partial charge is 0.408 e. The van der Waals surface area contributed by atoms with Gasteiger partial charge in [-0.2, -0.15) is 0 Å². The van der Waals surface area contributed by atoms with E-state index in [-0.39, 0.29) is 32.0 Å². The first-order valence-electron chi connectivity index (χ1n) is 18.0. The third-order valence-electron chi connectivity index (χ3n) is 5.44. The predicted molar refractivity (Wildman–Crippen MR) is 220 cm³/mol. The Morgan fingerprint density at radius 1 is 0.459 bits per heavy atom. The van der Waals surface area contributed by atoms with Gasteiger partial charge in [-0.15, -0.1) is 12.4 Å². The van der Waals surface area contributed by atoms with Gasteiger partial charge in [0, 0.05) is 19.6 Å². The van der Waals surface area contributed by atoms with E-state index < -0.39 is 107 Å². The number of nitrogens with two attached hydrogens (primary N) is 4. The molecule has 0 unspecified atom stereocenters. The van der Waals surface area contributed by atoms with E-state index in [9.17, 15) is 43.2 Å². The Morgan fingerprint density at radius 2 is 0.672 bits per heavy atom. The van der Waals surface area contributed by atoms with Crippen LogP contribution < -0.4 is 44.2 Å². The average molecular weight is 909 g/mol. The van der Waals surface area contributed by atoms with E-state index in [0.717, 1.165) is 0 Å². The number of alkyl carbamates (subject to hydrolysis) is 4. The van der Waals surface area contributed by atoms with Crippen molar-refractivity contribution in [3.63, 3.8) is 0 Å². The fourth-order valence-corrected chi connectivity index (χ4v) is 3.13. The molecule has 0 spiro atoms. The number of carbonyl (C=O) groups excluding carboxylic acids is 7. The Labute approximate surface area is 362 Å². The molecule has 0 radical (unpaired) electrons. The highest BCUT2D eigenvalue weighted by molar-refractivity contribution is 5.86. The highest BCUT2D eigenvalue weighted by atomic mass is 35.5. The van der Waals surface area contributed by atoms with Crippen LogP contribution in [0.3, 0.4) is 0 Å². The number of carbonyl (C=O) groups is 9. The van der Waals surface area contributed by atoms with E-state index in [1.165, 1.54) is 14.2 Å². The molecule has 0 aliphatic carbocycles. The van der Waals surface area contributed by atoms with Gasteiger partial charge in [-0.25, -0.2) is 38.4 Å². The summed E-state index contributed by atoms with van der Waals surface area (Å²) in [6.07, 6.45) is -3.54. The van der Waals surface area contributed by atoms with Crippen molar-refractivity contribution in [2.24, 2.45) is 22.9 Å². The predicted octanol–water partition coefficient (Wildman–Crippen LogP) is 0.207. The van der Waals surface area contributed by atoms with Crippen LogP contribution in [0, 0.1) is 0 Å². The number of ether oxygens (including phenoxy) is 6. The lowest BCUT2D eigenvalue weighted by atomic mass is 10.2. The van der Waals surface area contributed by atoms with Crippen LogP contribution >= 0.6 is 12.4 Å². The first-order chi connectivity index (χ1) is 27.0. The summed E-state index contributed by atoms with van der Waals surface area (Å²) in [6, 6.07) is -4.22. The van der Waals surface area contributed by atoms with E-state index in [0.29, 0.717) is 0 Å². The van der Waals surface area contributed by atoms with Crippen LogP contribution in [0.25, 0.3) is 0 Å². The maximum Gasteiger partial charge on any atom is 0.408 e. The number of aliphatic carboxylic acids is 2. The third-order valence-corrected chi connectivity index (χ3v) is 5.44. The van der Waals surface area contributed by atoms with E-state index in [2.05, 4.69) is 25.4 Å². The highest BCUT2D eigenvalue weighted by Gasteiger charge is 2.27. The Kier molecular flexibility index (Phi) is 32.5. The van der Waals surface area contributed by atoms with Crippen LogP contribution in [0.5, 0.6) is 0 Å². The molecular weight excluding hydrogens is 840 g/mol. The number of methoxy groups -OCH3 is 2. The van der Waals surface area contributed by atoms with E-state index in [1.54, 1.807) is 83.1 Å². The first-order valence-corrected chi connectivity index (χ1v) is 18.0. The Balaban J connectivity index is -0.000000227. The minimum absolute atomic E-state index is 0. The van der Waals surface area contributed by atoms with E-state index in [4.69, 9.17) is 52.1 Å². The molecule has 26 heteroatoms. The van der Waals surface area contributed by atoms with Crippen LogP contribution in [-0.2, 0) is 52.4 Å². The molecule has 0 bridgehead atoms. The zero-order chi connectivity index (χ0) is 48.4. The maximum atomic E-state index is 11.3. The lowest BCUT2D eigenvalue weighted by molar-refractivity contribution is -0.143. The molecule has 0 heterocycles. The van der Waals surface area contributed by atoms with Crippen LogP contribution in [0.2, 0.25) is 0 Å².